The summed E-state index contributed by atoms with van der Waals surface area (Å²) >= 11 is 1.81. The third-order valence-electron chi connectivity index (χ3n) is 3.77. The van der Waals surface area contributed by atoms with Crippen molar-refractivity contribution in [2.24, 2.45) is 0 Å². The van der Waals surface area contributed by atoms with Gasteiger partial charge in [0.15, 0.2) is 0 Å². The number of halogens is 1. The van der Waals surface area contributed by atoms with Gasteiger partial charge >= 0.3 is 0 Å². The second-order valence-electron chi connectivity index (χ2n) is 5.04. The van der Waals surface area contributed by atoms with Crippen molar-refractivity contribution in [3.8, 4) is 6.07 Å². The molecule has 0 aliphatic heterocycles. The van der Waals surface area contributed by atoms with Gasteiger partial charge in [0.1, 0.15) is 5.82 Å². The van der Waals surface area contributed by atoms with E-state index in [1.165, 1.54) is 22.9 Å². The summed E-state index contributed by atoms with van der Waals surface area (Å²) in [6, 6.07) is 9.10. The smallest absolute Gasteiger partial charge is 0.129 e. The molecular formula is C16H15FN2S. The van der Waals surface area contributed by atoms with Crippen LogP contribution in [0, 0.1) is 17.1 Å². The number of benzene rings is 1. The molecule has 1 aromatic carbocycles. The van der Waals surface area contributed by atoms with Gasteiger partial charge in [-0.25, -0.2) is 4.39 Å². The summed E-state index contributed by atoms with van der Waals surface area (Å²) in [7, 11) is 0. The van der Waals surface area contributed by atoms with Gasteiger partial charge in [-0.15, -0.1) is 11.3 Å². The van der Waals surface area contributed by atoms with Gasteiger partial charge in [-0.05, 0) is 48.4 Å². The molecule has 1 N–H and O–H groups in total. The molecule has 3 rings (SSSR count). The van der Waals surface area contributed by atoms with E-state index in [9.17, 15) is 4.39 Å². The Balaban J connectivity index is 1.71. The lowest BCUT2D eigenvalue weighted by molar-refractivity contribution is 0.456. The van der Waals surface area contributed by atoms with E-state index in [0.717, 1.165) is 12.8 Å². The van der Waals surface area contributed by atoms with Crippen LogP contribution in [0.5, 0.6) is 0 Å². The molecular weight excluding hydrogens is 271 g/mol. The molecule has 1 aromatic heterocycles. The molecule has 0 saturated carbocycles. The summed E-state index contributed by atoms with van der Waals surface area (Å²) in [5.74, 6) is -0.307. The molecule has 1 aliphatic rings. The first kappa shape index (κ1) is 13.3. The Bertz CT molecular complexity index is 657. The number of nitriles is 1. The predicted octanol–water partition coefficient (Wildman–Crippen LogP) is 3.93. The van der Waals surface area contributed by atoms with Crippen molar-refractivity contribution >= 4 is 11.3 Å². The minimum atomic E-state index is -0.307. The Kier molecular flexibility index (Phi) is 3.81. The lowest BCUT2D eigenvalue weighted by Crippen LogP contribution is -2.24. The summed E-state index contributed by atoms with van der Waals surface area (Å²) in [6.45, 7) is 0.498. The van der Waals surface area contributed by atoms with E-state index >= 15 is 0 Å². The Morgan fingerprint density at radius 3 is 3.10 bits per heavy atom. The fourth-order valence-electron chi connectivity index (χ4n) is 2.69. The number of rotatable bonds is 3. The van der Waals surface area contributed by atoms with Crippen LogP contribution in [0.2, 0.25) is 0 Å². The topological polar surface area (TPSA) is 35.8 Å². The second kappa shape index (κ2) is 5.74. The SMILES string of the molecule is N#Cc1ccc(CNC2CCCc3sccc32)c(F)c1. The molecule has 4 heteroatoms. The Hall–Kier alpha value is -1.70. The van der Waals surface area contributed by atoms with Crippen LogP contribution >= 0.6 is 11.3 Å². The van der Waals surface area contributed by atoms with E-state index in [1.807, 2.05) is 17.4 Å². The number of nitrogens with zero attached hydrogens (tertiary/aromatic N) is 1. The van der Waals surface area contributed by atoms with Crippen LogP contribution in [0.1, 0.15) is 40.5 Å². The molecule has 20 heavy (non-hydrogen) atoms. The van der Waals surface area contributed by atoms with Gasteiger partial charge in [0, 0.05) is 23.0 Å². The molecule has 2 aromatic rings. The van der Waals surface area contributed by atoms with E-state index in [0.29, 0.717) is 23.7 Å². The van der Waals surface area contributed by atoms with Crippen molar-refractivity contribution < 1.29 is 4.39 Å². The highest BCUT2D eigenvalue weighted by Gasteiger charge is 2.20. The Labute approximate surface area is 121 Å². The summed E-state index contributed by atoms with van der Waals surface area (Å²) in [5, 5.41) is 14.3. The Morgan fingerprint density at radius 2 is 2.30 bits per heavy atom. The molecule has 1 atom stereocenters. The van der Waals surface area contributed by atoms with E-state index < -0.39 is 0 Å². The molecule has 0 amide bonds. The van der Waals surface area contributed by atoms with E-state index in [1.54, 1.807) is 12.1 Å². The molecule has 1 aliphatic carbocycles. The van der Waals surface area contributed by atoms with Gasteiger partial charge in [-0.2, -0.15) is 5.26 Å². The average molecular weight is 286 g/mol. The van der Waals surface area contributed by atoms with Crippen LogP contribution in [0.25, 0.3) is 0 Å². The van der Waals surface area contributed by atoms with Gasteiger partial charge in [-0.3, -0.25) is 0 Å². The number of aryl methyl sites for hydroxylation is 1. The van der Waals surface area contributed by atoms with Crippen molar-refractivity contribution in [2.45, 2.75) is 31.8 Å². The lowest BCUT2D eigenvalue weighted by atomic mass is 9.94. The van der Waals surface area contributed by atoms with Crippen molar-refractivity contribution in [1.29, 1.82) is 5.26 Å². The minimum Gasteiger partial charge on any atom is -0.306 e. The third kappa shape index (κ3) is 2.60. The maximum atomic E-state index is 13.8. The number of fused-ring (bicyclic) bond motifs is 1. The fourth-order valence-corrected chi connectivity index (χ4v) is 3.68. The average Bonchev–Trinajstić information content (AvgIpc) is 2.95. The van der Waals surface area contributed by atoms with Crippen molar-refractivity contribution in [1.82, 2.24) is 5.32 Å². The monoisotopic (exact) mass is 286 g/mol. The third-order valence-corrected chi connectivity index (χ3v) is 4.77. The largest absolute Gasteiger partial charge is 0.306 e. The van der Waals surface area contributed by atoms with E-state index in [-0.39, 0.29) is 5.82 Å². The van der Waals surface area contributed by atoms with Gasteiger partial charge in [0.25, 0.3) is 0 Å². The van der Waals surface area contributed by atoms with Crippen molar-refractivity contribution in [2.75, 3.05) is 0 Å². The molecule has 0 fully saturated rings. The lowest BCUT2D eigenvalue weighted by Gasteiger charge is -2.24. The van der Waals surface area contributed by atoms with Crippen LogP contribution < -0.4 is 5.32 Å². The van der Waals surface area contributed by atoms with E-state index in [4.69, 9.17) is 5.26 Å². The molecule has 1 heterocycles. The molecule has 102 valence electrons. The first-order valence-electron chi connectivity index (χ1n) is 6.76. The molecule has 1 unspecified atom stereocenters. The van der Waals surface area contributed by atoms with Crippen LogP contribution in [0.15, 0.2) is 29.6 Å². The minimum absolute atomic E-state index is 0.307. The molecule has 0 saturated heterocycles. The highest BCUT2D eigenvalue weighted by atomic mass is 32.1. The zero-order valence-corrected chi connectivity index (χ0v) is 11.8. The normalized spacial score (nSPS) is 17.5. The second-order valence-corrected chi connectivity index (χ2v) is 6.04. The maximum Gasteiger partial charge on any atom is 0.129 e. The molecule has 0 spiro atoms. The molecule has 2 nitrogen and oxygen atoms in total. The van der Waals surface area contributed by atoms with Crippen molar-refractivity contribution in [3.63, 3.8) is 0 Å². The van der Waals surface area contributed by atoms with Crippen molar-refractivity contribution in [3.05, 3.63) is 57.0 Å². The molecule has 0 bridgehead atoms. The van der Waals surface area contributed by atoms with E-state index in [2.05, 4.69) is 16.8 Å². The first-order chi connectivity index (χ1) is 9.78. The summed E-state index contributed by atoms with van der Waals surface area (Å²) in [5.41, 5.74) is 2.35. The number of nitrogens with one attached hydrogen (secondary N) is 1. The Morgan fingerprint density at radius 1 is 1.40 bits per heavy atom. The summed E-state index contributed by atoms with van der Waals surface area (Å²) in [6.07, 6.45) is 3.44. The summed E-state index contributed by atoms with van der Waals surface area (Å²) < 4.78 is 13.8. The van der Waals surface area contributed by atoms with Gasteiger partial charge in [-0.1, -0.05) is 6.07 Å². The van der Waals surface area contributed by atoms with Crippen LogP contribution in [-0.2, 0) is 13.0 Å². The van der Waals surface area contributed by atoms with Crippen LogP contribution in [0.4, 0.5) is 4.39 Å². The quantitative estimate of drug-likeness (QED) is 0.928. The standard InChI is InChI=1S/C16H15FN2S/c17-14-8-11(9-18)4-5-12(14)10-19-15-2-1-3-16-13(15)6-7-20-16/h4-8,15,19H,1-3,10H2. The zero-order chi connectivity index (χ0) is 13.9. The van der Waals surface area contributed by atoms with Gasteiger partial charge in [0.05, 0.1) is 11.6 Å². The summed E-state index contributed by atoms with van der Waals surface area (Å²) in [4.78, 5) is 1.45. The number of hydrogen-bond donors (Lipinski definition) is 1. The number of hydrogen-bond acceptors (Lipinski definition) is 3. The van der Waals surface area contributed by atoms with Gasteiger partial charge < -0.3 is 5.32 Å². The van der Waals surface area contributed by atoms with Crippen LogP contribution in [0.3, 0.4) is 0 Å². The highest BCUT2D eigenvalue weighted by molar-refractivity contribution is 7.10. The first-order valence-corrected chi connectivity index (χ1v) is 7.64. The zero-order valence-electron chi connectivity index (χ0n) is 11.0. The highest BCUT2D eigenvalue weighted by Crippen LogP contribution is 2.33. The molecule has 0 radical (unpaired) electrons. The van der Waals surface area contributed by atoms with Gasteiger partial charge in [0.2, 0.25) is 0 Å². The fraction of sp³-hybridized carbons (Fsp3) is 0.312. The predicted molar refractivity (Wildman–Crippen MR) is 78.0 cm³/mol. The maximum absolute atomic E-state index is 13.8. The van der Waals surface area contributed by atoms with Crippen LogP contribution in [-0.4, -0.2) is 0 Å². The number of thiophene rings is 1.